The Balaban J connectivity index is 1.48. The molecule has 0 atom stereocenters. The van der Waals surface area contributed by atoms with Gasteiger partial charge in [0.15, 0.2) is 5.17 Å². The topological polar surface area (TPSA) is 56.1 Å². The van der Waals surface area contributed by atoms with Crippen molar-refractivity contribution < 1.29 is 9.90 Å². The van der Waals surface area contributed by atoms with Crippen LogP contribution in [-0.4, -0.2) is 34.2 Å². The molecule has 1 aliphatic carbocycles. The highest BCUT2D eigenvalue weighted by atomic mass is 32.2. The minimum atomic E-state index is 0.0255. The first kappa shape index (κ1) is 21.6. The lowest BCUT2D eigenvalue weighted by molar-refractivity contribution is -0.124. The molecule has 1 N–H and O–H groups in total. The zero-order chi connectivity index (χ0) is 23.2. The number of hydrogen-bond donors (Lipinski definition) is 1. The van der Waals surface area contributed by atoms with Gasteiger partial charge in [0, 0.05) is 23.4 Å². The first-order valence-corrected chi connectivity index (χ1v) is 13.3. The Hall–Kier alpha value is -2.90. The lowest BCUT2D eigenvalue weighted by atomic mass is 9.94. The zero-order valence-corrected chi connectivity index (χ0v) is 20.5. The number of anilines is 1. The number of amidine groups is 1. The van der Waals surface area contributed by atoms with Gasteiger partial charge in [0.2, 0.25) is 0 Å². The minimum absolute atomic E-state index is 0.0255. The standard InChI is InChI=1S/C27H25N3O2S2/c1-29-20-13-7-8-14-22(20)33-26(29)24-25(32)30(18-10-3-2-4-11-18)27(34-24)28-23-19-12-6-5-9-17(19)15-16-21(23)31/h5-9,12-16,18,31H,2-4,10-11H2,1H3/b26-24-,28-27?. The van der Waals surface area contributed by atoms with Gasteiger partial charge in [0.1, 0.15) is 16.3 Å². The smallest absolute Gasteiger partial charge is 0.269 e. The van der Waals surface area contributed by atoms with Crippen LogP contribution in [0.15, 0.2) is 80.5 Å². The van der Waals surface area contributed by atoms with Gasteiger partial charge in [0.05, 0.1) is 10.7 Å². The number of aromatic hydroxyl groups is 1. The molecule has 7 heteroatoms. The number of aliphatic imine (C=N–C) groups is 1. The average Bonchev–Trinajstić information content (AvgIpc) is 3.37. The molecule has 1 amide bonds. The van der Waals surface area contributed by atoms with Gasteiger partial charge in [-0.25, -0.2) is 4.99 Å². The molecule has 0 spiro atoms. The van der Waals surface area contributed by atoms with Crippen LogP contribution in [-0.2, 0) is 4.79 Å². The van der Waals surface area contributed by atoms with Crippen molar-refractivity contribution >= 4 is 56.7 Å². The number of nitrogens with zero attached hydrogens (tertiary/aromatic N) is 3. The highest BCUT2D eigenvalue weighted by Crippen LogP contribution is 2.51. The summed E-state index contributed by atoms with van der Waals surface area (Å²) < 4.78 is 0. The summed E-state index contributed by atoms with van der Waals surface area (Å²) in [5.41, 5.74) is 1.64. The van der Waals surface area contributed by atoms with Crippen LogP contribution >= 0.6 is 23.5 Å². The number of thioether (sulfide) groups is 2. The van der Waals surface area contributed by atoms with E-state index in [1.807, 2.05) is 54.4 Å². The van der Waals surface area contributed by atoms with E-state index in [0.717, 1.165) is 52.1 Å². The number of amides is 1. The summed E-state index contributed by atoms with van der Waals surface area (Å²) in [7, 11) is 2.02. The van der Waals surface area contributed by atoms with Crippen molar-refractivity contribution in [3.8, 4) is 5.75 Å². The molecule has 0 bridgehead atoms. The summed E-state index contributed by atoms with van der Waals surface area (Å²) in [6.07, 6.45) is 5.43. The van der Waals surface area contributed by atoms with Crippen molar-refractivity contribution in [2.45, 2.75) is 43.0 Å². The maximum Gasteiger partial charge on any atom is 0.269 e. The van der Waals surface area contributed by atoms with Crippen LogP contribution < -0.4 is 4.90 Å². The van der Waals surface area contributed by atoms with E-state index in [1.165, 1.54) is 18.2 Å². The molecular weight excluding hydrogens is 462 g/mol. The molecule has 34 heavy (non-hydrogen) atoms. The molecule has 2 aliphatic heterocycles. The molecule has 3 aromatic carbocycles. The van der Waals surface area contributed by atoms with Crippen LogP contribution in [0.4, 0.5) is 11.4 Å². The summed E-state index contributed by atoms with van der Waals surface area (Å²) in [5, 5.41) is 14.2. The quantitative estimate of drug-likeness (QED) is 0.401. The number of carbonyl (C=O) groups is 1. The van der Waals surface area contributed by atoms with E-state index in [2.05, 4.69) is 17.0 Å². The second kappa shape index (κ2) is 8.71. The van der Waals surface area contributed by atoms with Gasteiger partial charge in [0.25, 0.3) is 5.91 Å². The Labute approximate surface area is 207 Å². The van der Waals surface area contributed by atoms with E-state index < -0.39 is 0 Å². The lowest BCUT2D eigenvalue weighted by Crippen LogP contribution is -2.40. The van der Waals surface area contributed by atoms with Gasteiger partial charge >= 0.3 is 0 Å². The number of benzene rings is 3. The predicted octanol–water partition coefficient (Wildman–Crippen LogP) is 6.85. The van der Waals surface area contributed by atoms with Crippen molar-refractivity contribution in [3.63, 3.8) is 0 Å². The number of phenols is 1. The molecule has 6 rings (SSSR count). The molecule has 172 valence electrons. The Morgan fingerprint density at radius 1 is 0.941 bits per heavy atom. The number of rotatable bonds is 2. The van der Waals surface area contributed by atoms with E-state index >= 15 is 0 Å². The van der Waals surface area contributed by atoms with Crippen molar-refractivity contribution in [2.24, 2.45) is 4.99 Å². The van der Waals surface area contributed by atoms with Crippen LogP contribution in [0.5, 0.6) is 5.75 Å². The average molecular weight is 488 g/mol. The van der Waals surface area contributed by atoms with Crippen LogP contribution in [0.3, 0.4) is 0 Å². The van der Waals surface area contributed by atoms with E-state index in [9.17, 15) is 9.90 Å². The first-order valence-electron chi connectivity index (χ1n) is 11.7. The molecule has 1 saturated carbocycles. The molecule has 0 radical (unpaired) electrons. The fourth-order valence-electron chi connectivity index (χ4n) is 5.01. The van der Waals surface area contributed by atoms with Gasteiger partial charge in [-0.05, 0) is 48.2 Å². The molecule has 2 heterocycles. The summed E-state index contributed by atoms with van der Waals surface area (Å²) in [6.45, 7) is 0. The fourth-order valence-corrected chi connectivity index (χ4v) is 7.40. The highest BCUT2D eigenvalue weighted by molar-refractivity contribution is 8.19. The van der Waals surface area contributed by atoms with Gasteiger partial charge in [-0.2, -0.15) is 0 Å². The molecular formula is C27H25N3O2S2. The second-order valence-corrected chi connectivity index (χ2v) is 10.9. The Kier molecular flexibility index (Phi) is 5.54. The van der Waals surface area contributed by atoms with Crippen molar-refractivity contribution in [1.82, 2.24) is 4.90 Å². The number of hydrogen-bond acceptors (Lipinski definition) is 6. The summed E-state index contributed by atoms with van der Waals surface area (Å²) in [4.78, 5) is 24.7. The Bertz CT molecular complexity index is 1360. The van der Waals surface area contributed by atoms with E-state index in [4.69, 9.17) is 4.99 Å². The normalized spacial score (nSPS) is 22.3. The molecule has 0 unspecified atom stereocenters. The van der Waals surface area contributed by atoms with Crippen molar-refractivity contribution in [2.75, 3.05) is 11.9 Å². The minimum Gasteiger partial charge on any atom is -0.506 e. The maximum atomic E-state index is 13.9. The molecule has 3 aromatic rings. The monoisotopic (exact) mass is 487 g/mol. The fraction of sp³-hybridized carbons (Fsp3) is 0.259. The van der Waals surface area contributed by atoms with Crippen molar-refractivity contribution in [3.05, 3.63) is 70.6 Å². The third-order valence-corrected chi connectivity index (χ3v) is 9.18. The third-order valence-electron chi connectivity index (χ3n) is 6.77. The first-order chi connectivity index (χ1) is 16.6. The Morgan fingerprint density at radius 2 is 1.71 bits per heavy atom. The van der Waals surface area contributed by atoms with Gasteiger partial charge < -0.3 is 10.0 Å². The van der Waals surface area contributed by atoms with Crippen molar-refractivity contribution in [1.29, 1.82) is 0 Å². The number of carbonyl (C=O) groups excluding carboxylic acids is 1. The van der Waals surface area contributed by atoms with Gasteiger partial charge in [-0.1, -0.05) is 73.5 Å². The summed E-state index contributed by atoms with van der Waals surface area (Å²) in [5.74, 6) is 0.154. The third kappa shape index (κ3) is 3.58. The van der Waals surface area contributed by atoms with E-state index in [1.54, 1.807) is 17.8 Å². The molecule has 1 saturated heterocycles. The summed E-state index contributed by atoms with van der Waals surface area (Å²) >= 11 is 3.08. The largest absolute Gasteiger partial charge is 0.506 e. The molecule has 2 fully saturated rings. The number of fused-ring (bicyclic) bond motifs is 2. The predicted molar refractivity (Wildman–Crippen MR) is 142 cm³/mol. The van der Waals surface area contributed by atoms with Crippen LogP contribution in [0.1, 0.15) is 32.1 Å². The molecule has 0 aromatic heterocycles. The van der Waals surface area contributed by atoms with Crippen LogP contribution in [0, 0.1) is 0 Å². The van der Waals surface area contributed by atoms with E-state index in [0.29, 0.717) is 15.8 Å². The van der Waals surface area contributed by atoms with Crippen LogP contribution in [0.25, 0.3) is 10.8 Å². The van der Waals surface area contributed by atoms with Crippen LogP contribution in [0.2, 0.25) is 0 Å². The number of para-hydroxylation sites is 1. The molecule has 3 aliphatic rings. The van der Waals surface area contributed by atoms with Gasteiger partial charge in [-0.15, -0.1) is 0 Å². The lowest BCUT2D eigenvalue weighted by Gasteiger charge is -2.30. The SMILES string of the molecule is CN1/C(=C2/SC(=Nc3c(O)ccc4ccccc34)N(C3CCCCC3)C2=O)Sc2ccccc21. The Morgan fingerprint density at radius 3 is 2.53 bits per heavy atom. The highest BCUT2D eigenvalue weighted by Gasteiger charge is 2.42. The summed E-state index contributed by atoms with van der Waals surface area (Å²) in [6, 6.07) is 19.9. The number of phenolic OH excluding ortho intramolecular Hbond substituents is 1. The second-order valence-electron chi connectivity index (χ2n) is 8.88. The zero-order valence-electron chi connectivity index (χ0n) is 18.9. The maximum absolute atomic E-state index is 13.9. The van der Waals surface area contributed by atoms with E-state index in [-0.39, 0.29) is 17.7 Å². The van der Waals surface area contributed by atoms with Gasteiger partial charge in [-0.3, -0.25) is 9.69 Å². The molecule has 5 nitrogen and oxygen atoms in total.